The Hall–Kier alpha value is -4.69. The van der Waals surface area contributed by atoms with Crippen molar-refractivity contribution in [3.63, 3.8) is 0 Å². The van der Waals surface area contributed by atoms with Gasteiger partial charge in [0.2, 0.25) is 0 Å². The number of benzene rings is 3. The highest BCUT2D eigenvalue weighted by molar-refractivity contribution is 5.91. The third-order valence-electron chi connectivity index (χ3n) is 5.49. The Kier molecular flexibility index (Phi) is 10.2. The van der Waals surface area contributed by atoms with Gasteiger partial charge >= 0.3 is 17.9 Å². The summed E-state index contributed by atoms with van der Waals surface area (Å²) in [7, 11) is 0. The number of hydrogen-bond acceptors (Lipinski definition) is 8. The van der Waals surface area contributed by atoms with Crippen molar-refractivity contribution in [2.24, 2.45) is 0 Å². The van der Waals surface area contributed by atoms with Gasteiger partial charge in [-0.15, -0.1) is 0 Å². The summed E-state index contributed by atoms with van der Waals surface area (Å²) in [6.07, 6.45) is 0.525. The van der Waals surface area contributed by atoms with Crippen molar-refractivity contribution in [1.29, 1.82) is 0 Å². The molecular formula is C31H30O8. The molecule has 0 radical (unpaired) electrons. The molecule has 0 heterocycles. The van der Waals surface area contributed by atoms with Crippen LogP contribution in [0.25, 0.3) is 11.1 Å². The van der Waals surface area contributed by atoms with Gasteiger partial charge in [-0.3, -0.25) is 0 Å². The molecule has 0 aliphatic heterocycles. The Labute approximate surface area is 227 Å². The summed E-state index contributed by atoms with van der Waals surface area (Å²) in [5, 5.41) is 9.00. The lowest BCUT2D eigenvalue weighted by Gasteiger charge is -2.11. The van der Waals surface area contributed by atoms with Gasteiger partial charge < -0.3 is 24.1 Å². The average Bonchev–Trinajstić information content (AvgIpc) is 2.93. The van der Waals surface area contributed by atoms with E-state index in [4.69, 9.17) is 24.1 Å². The predicted molar refractivity (Wildman–Crippen MR) is 146 cm³/mol. The van der Waals surface area contributed by atoms with E-state index in [9.17, 15) is 14.4 Å². The molecule has 0 aliphatic rings. The van der Waals surface area contributed by atoms with Crippen LogP contribution in [0.1, 0.15) is 29.3 Å². The summed E-state index contributed by atoms with van der Waals surface area (Å²) in [4.78, 5) is 35.7. The van der Waals surface area contributed by atoms with Gasteiger partial charge in [-0.2, -0.15) is 0 Å². The van der Waals surface area contributed by atoms with Crippen molar-refractivity contribution in [3.05, 3.63) is 102 Å². The van der Waals surface area contributed by atoms with E-state index in [0.29, 0.717) is 41.4 Å². The first-order chi connectivity index (χ1) is 18.7. The minimum atomic E-state index is -0.684. The lowest BCUT2D eigenvalue weighted by atomic mass is 10.0. The molecule has 0 saturated carbocycles. The predicted octanol–water partition coefficient (Wildman–Crippen LogP) is 5.22. The molecule has 8 nitrogen and oxygen atoms in total. The summed E-state index contributed by atoms with van der Waals surface area (Å²) in [6.45, 7) is 10.6. The fraction of sp³-hybridized carbons (Fsp3) is 0.194. The molecule has 0 fully saturated rings. The first-order valence-corrected chi connectivity index (χ1v) is 12.2. The van der Waals surface area contributed by atoms with Crippen LogP contribution in [-0.2, 0) is 14.3 Å². The Morgan fingerprint density at radius 1 is 0.795 bits per heavy atom. The second-order valence-corrected chi connectivity index (χ2v) is 8.68. The van der Waals surface area contributed by atoms with E-state index >= 15 is 0 Å². The van der Waals surface area contributed by atoms with Gasteiger partial charge in [0.05, 0.1) is 31.0 Å². The van der Waals surface area contributed by atoms with E-state index in [1.54, 1.807) is 55.5 Å². The van der Waals surface area contributed by atoms with Crippen molar-refractivity contribution in [2.75, 3.05) is 19.8 Å². The van der Waals surface area contributed by atoms with Crippen LogP contribution in [0.4, 0.5) is 0 Å². The summed E-state index contributed by atoms with van der Waals surface area (Å²) in [5.74, 6) is -0.300. The number of carbonyl (C=O) groups excluding carboxylic acids is 3. The molecule has 39 heavy (non-hydrogen) atoms. The summed E-state index contributed by atoms with van der Waals surface area (Å²) in [6, 6.07) is 18.8. The van der Waals surface area contributed by atoms with E-state index in [1.807, 2.05) is 25.1 Å². The minimum Gasteiger partial charge on any atom is -0.493 e. The number of aliphatic hydroxyl groups is 1. The molecule has 0 atom stereocenters. The number of rotatable bonds is 12. The van der Waals surface area contributed by atoms with Crippen LogP contribution >= 0.6 is 0 Å². The van der Waals surface area contributed by atoms with Gasteiger partial charge in [-0.1, -0.05) is 31.4 Å². The van der Waals surface area contributed by atoms with Crippen molar-refractivity contribution < 1.29 is 38.4 Å². The zero-order valence-corrected chi connectivity index (χ0v) is 21.9. The maximum absolute atomic E-state index is 12.6. The minimum absolute atomic E-state index is 0.0260. The van der Waals surface area contributed by atoms with Crippen LogP contribution in [0.15, 0.2) is 91.0 Å². The Morgan fingerprint density at radius 2 is 1.44 bits per heavy atom. The van der Waals surface area contributed by atoms with Crippen LogP contribution < -0.4 is 14.2 Å². The second kappa shape index (κ2) is 13.7. The van der Waals surface area contributed by atoms with Gasteiger partial charge in [-0.25, -0.2) is 14.4 Å². The molecule has 3 aromatic carbocycles. The van der Waals surface area contributed by atoms with Crippen LogP contribution in [-0.4, -0.2) is 42.8 Å². The number of esters is 3. The summed E-state index contributed by atoms with van der Waals surface area (Å²) < 4.78 is 21.3. The third kappa shape index (κ3) is 8.41. The van der Waals surface area contributed by atoms with Gasteiger partial charge in [-0.05, 0) is 79.1 Å². The zero-order valence-electron chi connectivity index (χ0n) is 21.9. The third-order valence-corrected chi connectivity index (χ3v) is 5.49. The van der Waals surface area contributed by atoms with E-state index < -0.39 is 24.5 Å². The second-order valence-electron chi connectivity index (χ2n) is 8.68. The van der Waals surface area contributed by atoms with Crippen molar-refractivity contribution in [3.8, 4) is 28.4 Å². The summed E-state index contributed by atoms with van der Waals surface area (Å²) in [5.41, 5.74) is 3.37. The fourth-order valence-electron chi connectivity index (χ4n) is 3.36. The lowest BCUT2D eigenvalue weighted by molar-refractivity contribution is -0.139. The summed E-state index contributed by atoms with van der Waals surface area (Å²) >= 11 is 0. The molecule has 3 aromatic rings. The molecule has 202 valence electrons. The Balaban J connectivity index is 1.52. The normalized spacial score (nSPS) is 10.3. The molecule has 0 aliphatic carbocycles. The number of carbonyl (C=O) groups is 3. The highest BCUT2D eigenvalue weighted by Crippen LogP contribution is 2.29. The van der Waals surface area contributed by atoms with Crippen molar-refractivity contribution in [1.82, 2.24) is 0 Å². The number of hydrogen-bond donors (Lipinski definition) is 1. The van der Waals surface area contributed by atoms with Gasteiger partial charge in [0, 0.05) is 12.0 Å². The molecule has 3 rings (SSSR count). The topological polar surface area (TPSA) is 108 Å². The smallest absolute Gasteiger partial charge is 0.343 e. The van der Waals surface area contributed by atoms with Crippen LogP contribution in [0.2, 0.25) is 0 Å². The quantitative estimate of drug-likeness (QED) is 0.147. The van der Waals surface area contributed by atoms with E-state index in [1.165, 1.54) is 0 Å². The molecular weight excluding hydrogens is 500 g/mol. The lowest BCUT2D eigenvalue weighted by Crippen LogP contribution is -2.12. The molecule has 0 saturated heterocycles. The zero-order chi connectivity index (χ0) is 28.4. The SMILES string of the molecule is C=C(C)C(=O)OCCCOc1ccc(C(=O)Oc2ccc(-c3ccc(OC(=O)C(=C)CO)cc3C)cc2)cc1. The van der Waals surface area contributed by atoms with Crippen molar-refractivity contribution in [2.45, 2.75) is 20.3 Å². The maximum atomic E-state index is 12.6. The monoisotopic (exact) mass is 530 g/mol. The average molecular weight is 531 g/mol. The maximum Gasteiger partial charge on any atom is 0.343 e. The number of ether oxygens (including phenoxy) is 4. The standard InChI is InChI=1S/C31H30O8/c1-20(2)29(33)37-17-5-16-36-25-10-8-24(9-11-25)31(35)38-26-12-6-23(7-13-26)28-15-14-27(18-21(28)3)39-30(34)22(4)19-32/h6-15,18,32H,1,4-5,16-17,19H2,2-3H3. The molecule has 0 spiro atoms. The van der Waals surface area contributed by atoms with Gasteiger partial charge in [0.1, 0.15) is 17.2 Å². The molecule has 0 unspecified atom stereocenters. The Morgan fingerprint density at radius 3 is 2.05 bits per heavy atom. The van der Waals surface area contributed by atoms with E-state index in [2.05, 4.69) is 13.2 Å². The highest BCUT2D eigenvalue weighted by atomic mass is 16.5. The fourth-order valence-corrected chi connectivity index (χ4v) is 3.36. The molecule has 0 amide bonds. The van der Waals surface area contributed by atoms with Crippen molar-refractivity contribution >= 4 is 17.9 Å². The number of aliphatic hydroxyl groups excluding tert-OH is 1. The van der Waals surface area contributed by atoms with Crippen LogP contribution in [0.3, 0.4) is 0 Å². The van der Waals surface area contributed by atoms with E-state index in [-0.39, 0.29) is 12.2 Å². The molecule has 1 N–H and O–H groups in total. The largest absolute Gasteiger partial charge is 0.493 e. The molecule has 0 bridgehead atoms. The number of aryl methyl sites for hydroxylation is 1. The van der Waals surface area contributed by atoms with Gasteiger partial charge in [0.15, 0.2) is 0 Å². The van der Waals surface area contributed by atoms with E-state index in [0.717, 1.165) is 16.7 Å². The van der Waals surface area contributed by atoms with Gasteiger partial charge in [0.25, 0.3) is 0 Å². The Bertz CT molecular complexity index is 1350. The molecule has 0 aromatic heterocycles. The first kappa shape index (κ1) is 28.9. The van der Waals surface area contributed by atoms with Crippen LogP contribution in [0, 0.1) is 6.92 Å². The van der Waals surface area contributed by atoms with Crippen LogP contribution in [0.5, 0.6) is 17.2 Å². The first-order valence-electron chi connectivity index (χ1n) is 12.2. The molecule has 8 heteroatoms. The highest BCUT2D eigenvalue weighted by Gasteiger charge is 2.12.